The molecule has 0 spiro atoms. The molecule has 0 aromatic heterocycles. The average Bonchev–Trinajstić information content (AvgIpc) is 2.99. The zero-order valence-corrected chi connectivity index (χ0v) is 24.4. The molecule has 0 aliphatic rings. The van der Waals surface area contributed by atoms with Crippen molar-refractivity contribution in [3.8, 4) is 0 Å². The first-order valence-electron chi connectivity index (χ1n) is 3.65. The zero-order chi connectivity index (χ0) is 31.4. The molecule has 32 heavy (non-hydrogen) atoms. The molecule has 0 aromatic rings. The molecule has 0 radical (unpaired) electrons. The molecule has 0 amide bonds. The van der Waals surface area contributed by atoms with E-state index in [0.717, 1.165) is 0 Å². The monoisotopic (exact) mass is 742 g/mol. The number of nitrogens with zero attached hydrogens (tertiary/aromatic N) is 12. The molecule has 0 atom stereocenters. The van der Waals surface area contributed by atoms with E-state index in [9.17, 15) is 0 Å². The van der Waals surface area contributed by atoms with Crippen LogP contribution >= 0.6 is 0 Å². The fraction of sp³-hybridized carbons (Fsp3) is 0. The van der Waals surface area contributed by atoms with Crippen molar-refractivity contribution in [2.75, 3.05) is 0 Å². The fourth-order valence-corrected chi connectivity index (χ4v) is 0. The second-order valence-corrected chi connectivity index (χ2v) is 3.52. The molecule has 0 aromatic carbocycles. The van der Waals surface area contributed by atoms with Gasteiger partial charge in [-0.15, -0.1) is 0 Å². The van der Waals surface area contributed by atoms with Crippen LogP contribution in [-0.4, -0.2) is 0 Å². The summed E-state index contributed by atoms with van der Waals surface area (Å²) in [5.74, 6) is 0. The zero-order valence-electron chi connectivity index (χ0n) is 14.8. The van der Waals surface area contributed by atoms with E-state index in [-0.39, 0.29) is 0 Å². The van der Waals surface area contributed by atoms with Crippen LogP contribution in [0.1, 0.15) is 0 Å². The van der Waals surface area contributed by atoms with Gasteiger partial charge < -0.3 is 142 Å². The van der Waals surface area contributed by atoms with Crippen LogP contribution in [0.5, 0.6) is 0 Å². The summed E-state index contributed by atoms with van der Waals surface area (Å²) in [6, 6.07) is 0. The van der Waals surface area contributed by atoms with Gasteiger partial charge in [0, 0.05) is 0 Å². The first kappa shape index (κ1) is 116. The molecule has 0 heterocycles. The number of hydrogen-bond acceptors (Lipinski definition) is 15. The molecule has 0 saturated carbocycles. The Morgan fingerprint density at radius 1 is 0.344 bits per heavy atom. The molecule has 0 aliphatic carbocycles. The molecule has 0 bridgehead atoms. The van der Waals surface area contributed by atoms with Crippen LogP contribution < -0.4 is 0 Å². The van der Waals surface area contributed by atoms with Crippen molar-refractivity contribution < 1.29 is 97.1 Å². The third-order valence-corrected chi connectivity index (χ3v) is 0. The Morgan fingerprint density at radius 2 is 0.344 bits per heavy atom. The van der Waals surface area contributed by atoms with Crippen molar-refractivity contribution in [2.24, 2.45) is 0 Å². The molecule has 0 fully saturated rings. The molecule has 0 aliphatic heterocycles. The molecule has 0 unspecified atom stereocenters. The maximum atomic E-state index is 8.99. The normalized spacial score (nSPS) is 1.50. The standard InChI is InChI=1S/12CN.2Fe.3O.3Zr/c12*1-2;;;;;;;;/q12*-1;;;;;;;;+2. The van der Waals surface area contributed by atoms with E-state index < -0.39 is 40.5 Å². The van der Waals surface area contributed by atoms with Gasteiger partial charge in [-0.1, -0.05) is 0 Å². The van der Waals surface area contributed by atoms with Crippen molar-refractivity contribution in [2.45, 2.75) is 0 Å². The summed E-state index contributed by atoms with van der Waals surface area (Å²) in [5.41, 5.74) is 0. The van der Waals surface area contributed by atoms with E-state index in [2.05, 4.69) is 23.4 Å². The van der Waals surface area contributed by atoms with E-state index in [1.807, 2.05) is 0 Å². The predicted octanol–water partition coefficient (Wildman–Crippen LogP) is 0.788. The van der Waals surface area contributed by atoms with Crippen molar-refractivity contribution in [1.29, 1.82) is 63.1 Å². The van der Waals surface area contributed by atoms with E-state index in [1.54, 1.807) is 0 Å². The van der Waals surface area contributed by atoms with Gasteiger partial charge in [-0.3, -0.25) is 0 Å². The van der Waals surface area contributed by atoms with E-state index in [0.29, 0.717) is 24.7 Å². The van der Waals surface area contributed by atoms with E-state index in [1.165, 1.54) is 0 Å². The van der Waals surface area contributed by atoms with Gasteiger partial charge in [-0.05, 0) is 0 Å². The average molecular weight is 746 g/mol. The first-order chi connectivity index (χ1) is 15.8. The number of rotatable bonds is 0. The summed E-state index contributed by atoms with van der Waals surface area (Å²) in [5, 5.41) is 75.0. The predicted molar refractivity (Wildman–Crippen MR) is 61.7 cm³/mol. The Balaban J connectivity index is -0.00000000747. The molecular formula is C12Fe2N12O3Zr3-10. The molecular weight excluding hydrogens is 746 g/mol. The molecule has 164 valence electrons. The van der Waals surface area contributed by atoms with Crippen LogP contribution in [0.15, 0.2) is 0 Å². The Labute approximate surface area is 236 Å². The van der Waals surface area contributed by atoms with Crippen molar-refractivity contribution in [1.82, 2.24) is 0 Å². The molecule has 0 rings (SSSR count). The SMILES string of the molecule is [C-]#N.[C-]#N.[C-]#N.[C-]#N.[C-]#N.[C-]#N.[C-]#N.[C-]#N.[C-]#N.[C-]#N.[C-]#N.[C-]#N.[O]=[Zr+2].[O]=[Zr]=[Fe].[O]=[Zr]=[Fe]. The van der Waals surface area contributed by atoms with Gasteiger partial charge >= 0.3 is 97.1 Å². The molecule has 15 nitrogen and oxygen atoms in total. The quantitative estimate of drug-likeness (QED) is 0.244. The third-order valence-electron chi connectivity index (χ3n) is 0. The molecule has 20 heteroatoms. The summed E-state index contributed by atoms with van der Waals surface area (Å²) in [6.45, 7) is 57.0. The minimum absolute atomic E-state index is 0.300. The third kappa shape index (κ3) is 1980. The fourth-order valence-electron chi connectivity index (χ4n) is 0. The summed E-state index contributed by atoms with van der Waals surface area (Å²) >= 11 is 3.96. The van der Waals surface area contributed by atoms with Crippen LogP contribution in [0.25, 0.3) is 0 Å². The topological polar surface area (TPSA) is 337 Å². The van der Waals surface area contributed by atoms with Crippen LogP contribution in [0, 0.1) is 142 Å². The second kappa shape index (κ2) is 19100. The van der Waals surface area contributed by atoms with E-state index >= 15 is 0 Å². The minimum atomic E-state index is -1.27. The summed E-state index contributed by atoms with van der Waals surface area (Å²) in [7, 11) is 0. The van der Waals surface area contributed by atoms with Crippen LogP contribution in [0.3, 0.4) is 0 Å². The van der Waals surface area contributed by atoms with Crippen molar-refractivity contribution >= 4 is 0 Å². The Kier molecular flexibility index (Phi) is 69400. The maximum absolute atomic E-state index is 8.99. The Morgan fingerprint density at radius 3 is 0.344 bits per heavy atom. The molecule has 0 saturated heterocycles. The van der Waals surface area contributed by atoms with Gasteiger partial charge in [0.2, 0.25) is 0 Å². The summed E-state index contributed by atoms with van der Waals surface area (Å²) in [4.78, 5) is 0. The molecule has 0 N–H and O–H groups in total. The van der Waals surface area contributed by atoms with Crippen LogP contribution in [-0.2, 0) is 97.1 Å². The van der Waals surface area contributed by atoms with Crippen molar-refractivity contribution in [3.63, 3.8) is 0 Å². The first-order valence-corrected chi connectivity index (χ1v) is 14.9. The van der Waals surface area contributed by atoms with E-state index in [4.69, 9.17) is 150 Å². The van der Waals surface area contributed by atoms with Crippen molar-refractivity contribution in [3.05, 3.63) is 78.9 Å². The summed E-state index contributed by atoms with van der Waals surface area (Å²) in [6.07, 6.45) is 0. The Bertz CT molecular complexity index is 395. The van der Waals surface area contributed by atoms with Gasteiger partial charge in [0.15, 0.2) is 0 Å². The number of hydrogen-bond donors (Lipinski definition) is 0. The van der Waals surface area contributed by atoms with Gasteiger partial charge in [-0.25, -0.2) is 0 Å². The second-order valence-electron chi connectivity index (χ2n) is 0.144. The summed E-state index contributed by atoms with van der Waals surface area (Å²) < 4.78 is 26.3. The van der Waals surface area contributed by atoms with Gasteiger partial charge in [0.05, 0.1) is 0 Å². The van der Waals surface area contributed by atoms with Gasteiger partial charge in [0.25, 0.3) is 0 Å². The van der Waals surface area contributed by atoms with Crippen LogP contribution in [0.4, 0.5) is 0 Å². The van der Waals surface area contributed by atoms with Crippen LogP contribution in [0.2, 0.25) is 0 Å². The Hall–Kier alpha value is -3.03. The van der Waals surface area contributed by atoms with Gasteiger partial charge in [-0.2, -0.15) is 0 Å². The van der Waals surface area contributed by atoms with Gasteiger partial charge in [0.1, 0.15) is 0 Å².